The SMILES string of the molecule is COCc1ccnc(-n2cncn2)n1. The highest BCUT2D eigenvalue weighted by atomic mass is 16.5. The highest BCUT2D eigenvalue weighted by Gasteiger charge is 2.01. The van der Waals surface area contributed by atoms with Crippen LogP contribution in [0.15, 0.2) is 24.9 Å². The average molecular weight is 191 g/mol. The lowest BCUT2D eigenvalue weighted by molar-refractivity contribution is 0.181. The van der Waals surface area contributed by atoms with Crippen molar-refractivity contribution in [1.82, 2.24) is 24.7 Å². The lowest BCUT2D eigenvalue weighted by Gasteiger charge is -2.01. The number of hydrogen-bond donors (Lipinski definition) is 0. The predicted octanol–water partition coefficient (Wildman–Crippen LogP) is 0.204. The third-order valence-electron chi connectivity index (χ3n) is 1.62. The molecule has 0 aliphatic heterocycles. The van der Waals surface area contributed by atoms with E-state index in [2.05, 4.69) is 20.1 Å². The van der Waals surface area contributed by atoms with Crippen molar-refractivity contribution in [2.75, 3.05) is 7.11 Å². The van der Waals surface area contributed by atoms with Gasteiger partial charge in [0, 0.05) is 13.3 Å². The van der Waals surface area contributed by atoms with Gasteiger partial charge in [0.2, 0.25) is 0 Å². The number of rotatable bonds is 3. The zero-order chi connectivity index (χ0) is 9.80. The van der Waals surface area contributed by atoms with Crippen LogP contribution in [-0.2, 0) is 11.3 Å². The van der Waals surface area contributed by atoms with Gasteiger partial charge in [-0.15, -0.1) is 0 Å². The maximum Gasteiger partial charge on any atom is 0.252 e. The lowest BCUT2D eigenvalue weighted by atomic mass is 10.4. The Morgan fingerprint density at radius 2 is 2.43 bits per heavy atom. The van der Waals surface area contributed by atoms with Crippen LogP contribution in [0.4, 0.5) is 0 Å². The fourth-order valence-electron chi connectivity index (χ4n) is 1.03. The van der Waals surface area contributed by atoms with Gasteiger partial charge < -0.3 is 4.74 Å². The minimum atomic E-state index is 0.463. The summed E-state index contributed by atoms with van der Waals surface area (Å²) in [4.78, 5) is 12.1. The lowest BCUT2D eigenvalue weighted by Crippen LogP contribution is -2.04. The summed E-state index contributed by atoms with van der Waals surface area (Å²) in [6, 6.07) is 1.80. The molecule has 0 aromatic carbocycles. The molecule has 0 N–H and O–H groups in total. The Hall–Kier alpha value is -1.82. The fourth-order valence-corrected chi connectivity index (χ4v) is 1.03. The molecule has 2 aromatic heterocycles. The second-order valence-corrected chi connectivity index (χ2v) is 2.62. The van der Waals surface area contributed by atoms with Gasteiger partial charge in [0.15, 0.2) is 0 Å². The summed E-state index contributed by atoms with van der Waals surface area (Å²) in [5, 5.41) is 3.93. The molecule has 6 nitrogen and oxygen atoms in total. The van der Waals surface area contributed by atoms with Crippen LogP contribution in [0.5, 0.6) is 0 Å². The first-order valence-electron chi connectivity index (χ1n) is 4.06. The summed E-state index contributed by atoms with van der Waals surface area (Å²) in [6.07, 6.45) is 4.65. The summed E-state index contributed by atoms with van der Waals surface area (Å²) in [5.41, 5.74) is 0.813. The molecule has 0 bridgehead atoms. The summed E-state index contributed by atoms with van der Waals surface area (Å²) >= 11 is 0. The van der Waals surface area contributed by atoms with Crippen molar-refractivity contribution >= 4 is 0 Å². The molecule has 2 aromatic rings. The summed E-state index contributed by atoms with van der Waals surface area (Å²) in [6.45, 7) is 0.463. The summed E-state index contributed by atoms with van der Waals surface area (Å²) in [7, 11) is 1.62. The van der Waals surface area contributed by atoms with E-state index in [-0.39, 0.29) is 0 Å². The maximum absolute atomic E-state index is 4.96. The van der Waals surface area contributed by atoms with Crippen LogP contribution in [-0.4, -0.2) is 31.8 Å². The standard InChI is InChI=1S/C8H9N5O/c1-14-4-7-2-3-10-8(12-7)13-6-9-5-11-13/h2-3,5-6H,4H2,1H3. The third kappa shape index (κ3) is 1.74. The number of nitrogens with zero attached hydrogens (tertiary/aromatic N) is 5. The topological polar surface area (TPSA) is 65.7 Å². The quantitative estimate of drug-likeness (QED) is 0.693. The Balaban J connectivity index is 2.31. The summed E-state index contributed by atoms with van der Waals surface area (Å²) < 4.78 is 6.46. The Morgan fingerprint density at radius 1 is 1.50 bits per heavy atom. The van der Waals surface area contributed by atoms with Crippen molar-refractivity contribution in [2.24, 2.45) is 0 Å². The van der Waals surface area contributed by atoms with Gasteiger partial charge in [0.05, 0.1) is 12.3 Å². The predicted molar refractivity (Wildman–Crippen MR) is 47.7 cm³/mol. The van der Waals surface area contributed by atoms with E-state index in [0.29, 0.717) is 12.6 Å². The first kappa shape index (κ1) is 8.76. The average Bonchev–Trinajstić information content (AvgIpc) is 2.71. The third-order valence-corrected chi connectivity index (χ3v) is 1.62. The van der Waals surface area contributed by atoms with Crippen LogP contribution in [0, 0.1) is 0 Å². The Kier molecular flexibility index (Phi) is 2.46. The van der Waals surface area contributed by atoms with E-state index in [9.17, 15) is 0 Å². The number of hydrogen-bond acceptors (Lipinski definition) is 5. The van der Waals surface area contributed by atoms with Gasteiger partial charge in [-0.2, -0.15) is 9.78 Å². The minimum Gasteiger partial charge on any atom is -0.378 e. The first-order chi connectivity index (χ1) is 6.90. The Labute approximate surface area is 80.6 Å². The van der Waals surface area contributed by atoms with Crippen molar-refractivity contribution in [3.05, 3.63) is 30.6 Å². The molecular weight excluding hydrogens is 182 g/mol. The molecular formula is C8H9N5O. The van der Waals surface area contributed by atoms with Crippen LogP contribution in [0.2, 0.25) is 0 Å². The first-order valence-corrected chi connectivity index (χ1v) is 4.06. The maximum atomic E-state index is 4.96. The van der Waals surface area contributed by atoms with Gasteiger partial charge in [-0.1, -0.05) is 0 Å². The van der Waals surface area contributed by atoms with Crippen LogP contribution < -0.4 is 0 Å². The molecule has 0 amide bonds. The number of ether oxygens (including phenoxy) is 1. The largest absolute Gasteiger partial charge is 0.378 e. The van der Waals surface area contributed by atoms with Crippen LogP contribution >= 0.6 is 0 Å². The van der Waals surface area contributed by atoms with Crippen molar-refractivity contribution in [2.45, 2.75) is 6.61 Å². The van der Waals surface area contributed by atoms with Crippen molar-refractivity contribution < 1.29 is 4.74 Å². The molecule has 0 atom stereocenters. The second kappa shape index (κ2) is 3.93. The molecule has 2 heterocycles. The molecule has 0 unspecified atom stereocenters. The number of methoxy groups -OCH3 is 1. The van der Waals surface area contributed by atoms with Crippen molar-refractivity contribution in [1.29, 1.82) is 0 Å². The molecule has 72 valence electrons. The highest BCUT2D eigenvalue weighted by Crippen LogP contribution is 2.00. The van der Waals surface area contributed by atoms with Crippen LogP contribution in [0.3, 0.4) is 0 Å². The Morgan fingerprint density at radius 3 is 3.14 bits per heavy atom. The highest BCUT2D eigenvalue weighted by molar-refractivity contribution is 5.11. The molecule has 0 saturated heterocycles. The van der Waals surface area contributed by atoms with E-state index < -0.39 is 0 Å². The van der Waals surface area contributed by atoms with E-state index in [4.69, 9.17) is 4.74 Å². The number of aromatic nitrogens is 5. The molecule has 0 fully saturated rings. The normalized spacial score (nSPS) is 10.4. The van der Waals surface area contributed by atoms with E-state index >= 15 is 0 Å². The molecule has 0 saturated carbocycles. The van der Waals surface area contributed by atoms with Crippen molar-refractivity contribution in [3.63, 3.8) is 0 Å². The van der Waals surface area contributed by atoms with Gasteiger partial charge in [-0.05, 0) is 6.07 Å². The van der Waals surface area contributed by atoms with E-state index in [1.807, 2.05) is 0 Å². The summed E-state index contributed by atoms with van der Waals surface area (Å²) in [5.74, 6) is 0.497. The van der Waals surface area contributed by atoms with E-state index in [1.165, 1.54) is 11.0 Å². The van der Waals surface area contributed by atoms with Gasteiger partial charge in [0.1, 0.15) is 12.7 Å². The monoisotopic (exact) mass is 191 g/mol. The second-order valence-electron chi connectivity index (χ2n) is 2.62. The molecule has 0 spiro atoms. The van der Waals surface area contributed by atoms with Gasteiger partial charge in [0.25, 0.3) is 5.95 Å². The molecule has 0 aliphatic carbocycles. The minimum absolute atomic E-state index is 0.463. The van der Waals surface area contributed by atoms with Gasteiger partial charge in [-0.3, -0.25) is 0 Å². The molecule has 0 radical (unpaired) electrons. The van der Waals surface area contributed by atoms with E-state index in [0.717, 1.165) is 5.69 Å². The van der Waals surface area contributed by atoms with Gasteiger partial charge in [-0.25, -0.2) is 15.0 Å². The fraction of sp³-hybridized carbons (Fsp3) is 0.250. The van der Waals surface area contributed by atoms with Crippen LogP contribution in [0.25, 0.3) is 5.95 Å². The molecule has 0 aliphatic rings. The zero-order valence-electron chi connectivity index (χ0n) is 7.66. The molecule has 2 rings (SSSR count). The molecule has 14 heavy (non-hydrogen) atoms. The zero-order valence-corrected chi connectivity index (χ0v) is 7.66. The van der Waals surface area contributed by atoms with Crippen LogP contribution in [0.1, 0.15) is 5.69 Å². The smallest absolute Gasteiger partial charge is 0.252 e. The Bertz CT molecular complexity index is 400. The van der Waals surface area contributed by atoms with E-state index in [1.54, 1.807) is 25.7 Å². The molecule has 6 heteroatoms. The van der Waals surface area contributed by atoms with Gasteiger partial charge >= 0.3 is 0 Å². The van der Waals surface area contributed by atoms with Crippen molar-refractivity contribution in [3.8, 4) is 5.95 Å².